The Morgan fingerprint density at radius 1 is 0.591 bits per heavy atom. The quantitative estimate of drug-likeness (QED) is 0.262. The monoisotopic (exact) mass is 316 g/mol. The SMILES string of the molecule is C=COCCOCCOCCOCCCCCCCCCC. The summed E-state index contributed by atoms with van der Waals surface area (Å²) in [6.45, 7) is 10.2. The van der Waals surface area contributed by atoms with Gasteiger partial charge in [0.2, 0.25) is 0 Å². The molecule has 0 amide bonds. The maximum Gasteiger partial charge on any atom is 0.111 e. The van der Waals surface area contributed by atoms with Crippen molar-refractivity contribution in [3.8, 4) is 0 Å². The Morgan fingerprint density at radius 3 is 1.59 bits per heavy atom. The first kappa shape index (κ1) is 21.4. The van der Waals surface area contributed by atoms with Crippen molar-refractivity contribution in [1.82, 2.24) is 0 Å². The van der Waals surface area contributed by atoms with Crippen LogP contribution in [0.3, 0.4) is 0 Å². The topological polar surface area (TPSA) is 36.9 Å². The third-order valence-electron chi connectivity index (χ3n) is 3.35. The summed E-state index contributed by atoms with van der Waals surface area (Å²) in [6.07, 6.45) is 12.1. The Bertz CT molecular complexity index is 209. The largest absolute Gasteiger partial charge is 0.499 e. The van der Waals surface area contributed by atoms with Gasteiger partial charge in [-0.1, -0.05) is 58.4 Å². The predicted octanol–water partition coefficient (Wildman–Crippen LogP) is 4.34. The highest BCUT2D eigenvalue weighted by atomic mass is 16.6. The molecule has 0 aromatic rings. The van der Waals surface area contributed by atoms with E-state index in [0.29, 0.717) is 39.6 Å². The lowest BCUT2D eigenvalue weighted by molar-refractivity contribution is 0.00608. The summed E-state index contributed by atoms with van der Waals surface area (Å²) in [4.78, 5) is 0. The zero-order valence-electron chi connectivity index (χ0n) is 14.5. The van der Waals surface area contributed by atoms with Gasteiger partial charge in [0, 0.05) is 6.61 Å². The van der Waals surface area contributed by atoms with Crippen LogP contribution in [0.1, 0.15) is 58.3 Å². The van der Waals surface area contributed by atoms with Gasteiger partial charge in [0.15, 0.2) is 0 Å². The van der Waals surface area contributed by atoms with Crippen molar-refractivity contribution in [2.75, 3.05) is 46.2 Å². The summed E-state index contributed by atoms with van der Waals surface area (Å²) in [5, 5.41) is 0. The lowest BCUT2D eigenvalue weighted by Gasteiger charge is -2.07. The Hall–Kier alpha value is -0.580. The van der Waals surface area contributed by atoms with Crippen LogP contribution in [0, 0.1) is 0 Å². The Labute approximate surface area is 137 Å². The first-order valence-corrected chi connectivity index (χ1v) is 8.87. The molecule has 0 atom stereocenters. The minimum absolute atomic E-state index is 0.547. The van der Waals surface area contributed by atoms with Gasteiger partial charge in [0.25, 0.3) is 0 Å². The maximum absolute atomic E-state index is 5.54. The molecule has 0 saturated carbocycles. The van der Waals surface area contributed by atoms with E-state index in [4.69, 9.17) is 18.9 Å². The summed E-state index contributed by atoms with van der Waals surface area (Å²) in [5.41, 5.74) is 0. The zero-order valence-corrected chi connectivity index (χ0v) is 14.5. The van der Waals surface area contributed by atoms with E-state index in [1.165, 1.54) is 57.6 Å². The molecule has 0 N–H and O–H groups in total. The van der Waals surface area contributed by atoms with Crippen LogP contribution in [-0.4, -0.2) is 46.2 Å². The van der Waals surface area contributed by atoms with Gasteiger partial charge in [-0.25, -0.2) is 0 Å². The second-order valence-electron chi connectivity index (χ2n) is 5.35. The van der Waals surface area contributed by atoms with Gasteiger partial charge in [-0.05, 0) is 6.42 Å². The molecule has 0 spiro atoms. The van der Waals surface area contributed by atoms with Gasteiger partial charge < -0.3 is 18.9 Å². The molecule has 22 heavy (non-hydrogen) atoms. The Kier molecular flexibility index (Phi) is 19.9. The van der Waals surface area contributed by atoms with Crippen LogP contribution >= 0.6 is 0 Å². The average Bonchev–Trinajstić information content (AvgIpc) is 2.54. The van der Waals surface area contributed by atoms with Crippen LogP contribution in [0.4, 0.5) is 0 Å². The van der Waals surface area contributed by atoms with Crippen LogP contribution in [0.2, 0.25) is 0 Å². The highest BCUT2D eigenvalue weighted by Crippen LogP contribution is 2.08. The molecule has 4 nitrogen and oxygen atoms in total. The first-order chi connectivity index (χ1) is 10.9. The van der Waals surface area contributed by atoms with Gasteiger partial charge >= 0.3 is 0 Å². The van der Waals surface area contributed by atoms with Gasteiger partial charge in [0.1, 0.15) is 6.61 Å². The van der Waals surface area contributed by atoms with E-state index >= 15 is 0 Å². The van der Waals surface area contributed by atoms with Crippen molar-refractivity contribution in [2.45, 2.75) is 58.3 Å². The van der Waals surface area contributed by atoms with Crippen molar-refractivity contribution in [3.63, 3.8) is 0 Å². The minimum Gasteiger partial charge on any atom is -0.499 e. The average molecular weight is 316 g/mol. The normalized spacial score (nSPS) is 10.8. The molecule has 0 aliphatic heterocycles. The number of rotatable bonds is 19. The van der Waals surface area contributed by atoms with Crippen LogP contribution in [0.15, 0.2) is 12.8 Å². The van der Waals surface area contributed by atoms with Crippen LogP contribution in [0.5, 0.6) is 0 Å². The summed E-state index contributed by atoms with van der Waals surface area (Å²) in [6, 6.07) is 0. The second-order valence-corrected chi connectivity index (χ2v) is 5.35. The molecule has 0 saturated heterocycles. The van der Waals surface area contributed by atoms with Crippen molar-refractivity contribution in [3.05, 3.63) is 12.8 Å². The number of hydrogen-bond acceptors (Lipinski definition) is 4. The van der Waals surface area contributed by atoms with E-state index < -0.39 is 0 Å². The second kappa shape index (κ2) is 20.4. The highest BCUT2D eigenvalue weighted by Gasteiger charge is 1.94. The number of hydrogen-bond donors (Lipinski definition) is 0. The standard InChI is InChI=1S/C18H36O4/c1-3-5-6-7-8-9-10-11-12-20-15-16-22-18-17-21-14-13-19-4-2/h4H,2-3,5-18H2,1H3. The molecule has 0 aliphatic rings. The van der Waals surface area contributed by atoms with Gasteiger partial charge in [0.05, 0.1) is 39.3 Å². The van der Waals surface area contributed by atoms with Crippen molar-refractivity contribution < 1.29 is 18.9 Å². The third kappa shape index (κ3) is 19.4. The fourth-order valence-corrected chi connectivity index (χ4v) is 2.07. The molecule has 0 aromatic carbocycles. The molecule has 0 aliphatic carbocycles. The molecular weight excluding hydrogens is 280 g/mol. The molecule has 0 fully saturated rings. The summed E-state index contributed by atoms with van der Waals surface area (Å²) in [5.74, 6) is 0. The number of unbranched alkanes of at least 4 members (excludes halogenated alkanes) is 7. The summed E-state index contributed by atoms with van der Waals surface area (Å²) < 4.78 is 21.2. The molecule has 0 aromatic heterocycles. The summed E-state index contributed by atoms with van der Waals surface area (Å²) in [7, 11) is 0. The van der Waals surface area contributed by atoms with E-state index in [1.54, 1.807) is 0 Å². The molecule has 0 heterocycles. The predicted molar refractivity (Wildman–Crippen MR) is 91.2 cm³/mol. The van der Waals surface area contributed by atoms with Gasteiger partial charge in [-0.3, -0.25) is 0 Å². The molecular formula is C18H36O4. The van der Waals surface area contributed by atoms with E-state index in [2.05, 4.69) is 13.5 Å². The molecule has 0 radical (unpaired) electrons. The zero-order chi connectivity index (χ0) is 16.1. The molecule has 4 heteroatoms. The molecule has 0 rings (SSSR count). The van der Waals surface area contributed by atoms with Crippen molar-refractivity contribution >= 4 is 0 Å². The van der Waals surface area contributed by atoms with E-state index in [1.807, 2.05) is 0 Å². The Morgan fingerprint density at radius 2 is 1.05 bits per heavy atom. The lowest BCUT2D eigenvalue weighted by Crippen LogP contribution is -2.11. The molecule has 0 bridgehead atoms. The van der Waals surface area contributed by atoms with E-state index in [0.717, 1.165) is 6.61 Å². The maximum atomic E-state index is 5.54. The fourth-order valence-electron chi connectivity index (χ4n) is 2.07. The molecule has 0 unspecified atom stereocenters. The first-order valence-electron chi connectivity index (χ1n) is 8.87. The minimum atomic E-state index is 0.547. The fraction of sp³-hybridized carbons (Fsp3) is 0.889. The summed E-state index contributed by atoms with van der Waals surface area (Å²) >= 11 is 0. The van der Waals surface area contributed by atoms with Crippen molar-refractivity contribution in [1.29, 1.82) is 0 Å². The van der Waals surface area contributed by atoms with Gasteiger partial charge in [-0.2, -0.15) is 0 Å². The van der Waals surface area contributed by atoms with E-state index in [-0.39, 0.29) is 0 Å². The van der Waals surface area contributed by atoms with Gasteiger partial charge in [-0.15, -0.1) is 0 Å². The van der Waals surface area contributed by atoms with Crippen LogP contribution in [-0.2, 0) is 18.9 Å². The molecule has 132 valence electrons. The van der Waals surface area contributed by atoms with Crippen molar-refractivity contribution in [2.24, 2.45) is 0 Å². The Balaban J connectivity index is 2.92. The highest BCUT2D eigenvalue weighted by molar-refractivity contribution is 4.48. The third-order valence-corrected chi connectivity index (χ3v) is 3.35. The number of ether oxygens (including phenoxy) is 4. The smallest absolute Gasteiger partial charge is 0.111 e. The lowest BCUT2D eigenvalue weighted by atomic mass is 10.1. The van der Waals surface area contributed by atoms with Crippen LogP contribution in [0.25, 0.3) is 0 Å². The van der Waals surface area contributed by atoms with Crippen LogP contribution < -0.4 is 0 Å². The van der Waals surface area contributed by atoms with E-state index in [9.17, 15) is 0 Å².